The third kappa shape index (κ3) is 3.44. The number of hydrogen-bond donors (Lipinski definition) is 0. The van der Waals surface area contributed by atoms with Gasteiger partial charge in [-0.25, -0.2) is 0 Å². The summed E-state index contributed by atoms with van der Waals surface area (Å²) in [5.74, 6) is 0.525. The maximum absolute atomic E-state index is 13.4. The fraction of sp³-hybridized carbons (Fsp3) is 0.474. The van der Waals surface area contributed by atoms with Gasteiger partial charge in [0.2, 0.25) is 0 Å². The Morgan fingerprint density at radius 3 is 2.86 bits per heavy atom. The van der Waals surface area contributed by atoms with Crippen molar-refractivity contribution in [3.05, 3.63) is 39.3 Å². The lowest BCUT2D eigenvalue weighted by Gasteiger charge is -2.31. The van der Waals surface area contributed by atoms with Crippen LogP contribution in [-0.2, 0) is 14.3 Å². The summed E-state index contributed by atoms with van der Waals surface area (Å²) in [4.78, 5) is 13.4. The van der Waals surface area contributed by atoms with Gasteiger partial charge in [-0.3, -0.25) is 8.98 Å². The first kappa shape index (κ1) is 19.4. The van der Waals surface area contributed by atoms with Gasteiger partial charge in [-0.15, -0.1) is 0 Å². The van der Waals surface area contributed by atoms with Crippen molar-refractivity contribution < 1.29 is 17.1 Å². The molecule has 0 N–H and O–H groups in total. The average Bonchev–Trinajstić information content (AvgIpc) is 3.02. The van der Waals surface area contributed by atoms with E-state index < -0.39 is 10.1 Å². The lowest BCUT2D eigenvalue weighted by Crippen LogP contribution is -2.30. The van der Waals surface area contributed by atoms with E-state index in [4.69, 9.17) is 20.3 Å². The lowest BCUT2D eigenvalue weighted by atomic mass is 9.85. The van der Waals surface area contributed by atoms with Crippen molar-refractivity contribution >= 4 is 43.5 Å². The molecule has 150 valence electrons. The molecule has 0 amide bonds. The van der Waals surface area contributed by atoms with Crippen molar-refractivity contribution in [2.24, 2.45) is 5.92 Å². The second-order valence-corrected chi connectivity index (χ2v) is 9.50. The molecule has 3 aromatic rings. The van der Waals surface area contributed by atoms with Crippen molar-refractivity contribution in [2.45, 2.75) is 38.6 Å². The highest BCUT2D eigenvalue weighted by Crippen LogP contribution is 2.37. The summed E-state index contributed by atoms with van der Waals surface area (Å²) in [7, 11) is -3.49. The maximum atomic E-state index is 13.4. The summed E-state index contributed by atoms with van der Waals surface area (Å²) in [6.07, 6.45) is 4.29. The normalized spacial score (nSPS) is 20.8. The van der Waals surface area contributed by atoms with Gasteiger partial charge in [0.15, 0.2) is 0 Å². The summed E-state index contributed by atoms with van der Waals surface area (Å²) in [6.45, 7) is 1.85. The van der Waals surface area contributed by atoms with Crippen molar-refractivity contribution in [3.8, 4) is 0 Å². The highest BCUT2D eigenvalue weighted by molar-refractivity contribution is 7.85. The smallest absolute Gasteiger partial charge is 0.264 e. The number of aryl methyl sites for hydroxylation is 1. The Labute approximate surface area is 167 Å². The Bertz CT molecular complexity index is 1210. The minimum absolute atomic E-state index is 0.0638. The molecule has 0 spiro atoms. The van der Waals surface area contributed by atoms with E-state index in [9.17, 15) is 13.2 Å². The summed E-state index contributed by atoms with van der Waals surface area (Å²) >= 11 is 6.45. The predicted octanol–water partition coefficient (Wildman–Crippen LogP) is 3.81. The molecule has 0 aliphatic heterocycles. The van der Waals surface area contributed by atoms with Crippen molar-refractivity contribution in [1.29, 1.82) is 0 Å². The number of halogens is 1. The van der Waals surface area contributed by atoms with Gasteiger partial charge < -0.3 is 9.09 Å². The van der Waals surface area contributed by atoms with Crippen molar-refractivity contribution in [1.82, 2.24) is 9.72 Å². The first-order chi connectivity index (χ1) is 13.3. The quantitative estimate of drug-likeness (QED) is 0.591. The molecule has 4 rings (SSSR count). The van der Waals surface area contributed by atoms with Crippen LogP contribution in [-0.4, -0.2) is 31.0 Å². The standard InChI is InChI=1S/C19H21ClN2O5S/c1-11-16-18(21-27-11)17-14(20)7-4-8-15(17)22(19(16)23)13-6-3-5-12(9-13)10-26-28(2,24)25/h4,7-8,12-13H,3,5-6,9-10H2,1-2H3. The Morgan fingerprint density at radius 1 is 1.32 bits per heavy atom. The lowest BCUT2D eigenvalue weighted by molar-refractivity contribution is 0.183. The van der Waals surface area contributed by atoms with Crippen LogP contribution in [0.15, 0.2) is 27.5 Å². The zero-order valence-electron chi connectivity index (χ0n) is 15.6. The fourth-order valence-electron chi connectivity index (χ4n) is 4.20. The Hall–Kier alpha value is -1.90. The summed E-state index contributed by atoms with van der Waals surface area (Å²) in [5.41, 5.74) is 1.04. The maximum Gasteiger partial charge on any atom is 0.264 e. The molecule has 9 heteroatoms. The van der Waals surface area contributed by atoms with E-state index in [1.807, 2.05) is 12.1 Å². The van der Waals surface area contributed by atoms with Crippen LogP contribution < -0.4 is 5.56 Å². The van der Waals surface area contributed by atoms with Crippen molar-refractivity contribution in [3.63, 3.8) is 0 Å². The van der Waals surface area contributed by atoms with Crippen LogP contribution in [0.1, 0.15) is 37.5 Å². The highest BCUT2D eigenvalue weighted by atomic mass is 35.5. The first-order valence-corrected chi connectivity index (χ1v) is 11.4. The molecule has 1 aliphatic rings. The molecule has 2 heterocycles. The van der Waals surface area contributed by atoms with Crippen LogP contribution in [0, 0.1) is 12.8 Å². The zero-order chi connectivity index (χ0) is 20.1. The van der Waals surface area contributed by atoms with Gasteiger partial charge in [-0.05, 0) is 44.2 Å². The van der Waals surface area contributed by atoms with E-state index in [2.05, 4.69) is 5.16 Å². The molecule has 7 nitrogen and oxygen atoms in total. The van der Waals surface area contributed by atoms with E-state index in [0.29, 0.717) is 39.0 Å². The largest absolute Gasteiger partial charge is 0.360 e. The van der Waals surface area contributed by atoms with Gasteiger partial charge >= 0.3 is 0 Å². The molecule has 2 atom stereocenters. The molecule has 2 unspecified atom stereocenters. The monoisotopic (exact) mass is 424 g/mol. The number of rotatable bonds is 4. The summed E-state index contributed by atoms with van der Waals surface area (Å²) < 4.78 is 34.7. The molecule has 0 radical (unpaired) electrons. The molecule has 1 aliphatic carbocycles. The molecular formula is C19H21ClN2O5S. The second kappa shape index (κ2) is 7.17. The Balaban J connectivity index is 1.83. The molecule has 2 aromatic heterocycles. The third-order valence-corrected chi connectivity index (χ3v) is 6.30. The molecular weight excluding hydrogens is 404 g/mol. The van der Waals surface area contributed by atoms with Crippen LogP contribution in [0.5, 0.6) is 0 Å². The van der Waals surface area contributed by atoms with Crippen LogP contribution in [0.2, 0.25) is 5.02 Å². The number of hydrogen-bond acceptors (Lipinski definition) is 6. The van der Waals surface area contributed by atoms with Crippen LogP contribution in [0.3, 0.4) is 0 Å². The van der Waals surface area contributed by atoms with E-state index in [1.165, 1.54) is 0 Å². The Kier molecular flexibility index (Phi) is 4.97. The number of pyridine rings is 1. The minimum atomic E-state index is -3.49. The predicted molar refractivity (Wildman–Crippen MR) is 107 cm³/mol. The number of fused-ring (bicyclic) bond motifs is 3. The molecule has 0 saturated heterocycles. The van der Waals surface area contributed by atoms with Gasteiger partial charge in [-0.2, -0.15) is 8.42 Å². The topological polar surface area (TPSA) is 91.4 Å². The molecule has 1 aromatic carbocycles. The van der Waals surface area contributed by atoms with Crippen LogP contribution in [0.25, 0.3) is 21.8 Å². The fourth-order valence-corrected chi connectivity index (χ4v) is 4.90. The van der Waals surface area contributed by atoms with Gasteiger partial charge in [-0.1, -0.05) is 29.2 Å². The average molecular weight is 425 g/mol. The van der Waals surface area contributed by atoms with Crippen LogP contribution in [0.4, 0.5) is 0 Å². The van der Waals surface area contributed by atoms with E-state index in [1.54, 1.807) is 17.6 Å². The summed E-state index contributed by atoms with van der Waals surface area (Å²) in [6, 6.07) is 5.37. The van der Waals surface area contributed by atoms with Gasteiger partial charge in [0.25, 0.3) is 15.7 Å². The number of benzene rings is 1. The van der Waals surface area contributed by atoms with Crippen LogP contribution >= 0.6 is 11.6 Å². The SMILES string of the molecule is Cc1onc2c1c(=O)n(C1CCCC(COS(C)(=O)=O)C1)c1cccc(Cl)c21. The first-order valence-electron chi connectivity index (χ1n) is 9.19. The molecule has 1 saturated carbocycles. The van der Waals surface area contributed by atoms with E-state index in [0.717, 1.165) is 25.5 Å². The van der Waals surface area contributed by atoms with Gasteiger partial charge in [0, 0.05) is 11.4 Å². The number of aromatic nitrogens is 2. The molecule has 0 bridgehead atoms. The third-order valence-electron chi connectivity index (χ3n) is 5.42. The zero-order valence-corrected chi connectivity index (χ0v) is 17.2. The minimum Gasteiger partial charge on any atom is -0.360 e. The van der Waals surface area contributed by atoms with E-state index >= 15 is 0 Å². The van der Waals surface area contributed by atoms with Crippen molar-refractivity contribution in [2.75, 3.05) is 12.9 Å². The molecule has 28 heavy (non-hydrogen) atoms. The van der Waals surface area contributed by atoms with E-state index in [-0.39, 0.29) is 24.1 Å². The molecule has 1 fully saturated rings. The van der Waals surface area contributed by atoms with Gasteiger partial charge in [0.05, 0.1) is 23.4 Å². The van der Waals surface area contributed by atoms with Gasteiger partial charge in [0.1, 0.15) is 16.7 Å². The Morgan fingerprint density at radius 2 is 2.11 bits per heavy atom. The summed E-state index contributed by atoms with van der Waals surface area (Å²) in [5, 5.41) is 5.72. The second-order valence-electron chi connectivity index (χ2n) is 7.45. The number of nitrogens with zero attached hydrogens (tertiary/aromatic N) is 2. The highest BCUT2D eigenvalue weighted by Gasteiger charge is 2.28.